The van der Waals surface area contributed by atoms with Crippen LogP contribution in [0.25, 0.3) is 0 Å². The summed E-state index contributed by atoms with van der Waals surface area (Å²) >= 11 is 0. The number of ether oxygens (including phenoxy) is 4. The Morgan fingerprint density at radius 2 is 0.784 bits per heavy atom. The van der Waals surface area contributed by atoms with Crippen LogP contribution in [-0.2, 0) is 28.5 Å². The smallest absolute Gasteiger partial charge is 0.306 e. The van der Waals surface area contributed by atoms with Crippen molar-refractivity contribution in [2.24, 2.45) is 0 Å². The van der Waals surface area contributed by atoms with Gasteiger partial charge in [-0.3, -0.25) is 9.59 Å². The molecule has 0 N–H and O–H groups in total. The predicted octanol–water partition coefficient (Wildman–Crippen LogP) is 11.9. The van der Waals surface area contributed by atoms with Gasteiger partial charge >= 0.3 is 11.9 Å². The van der Waals surface area contributed by atoms with E-state index < -0.39 is 5.97 Å². The molecule has 51 heavy (non-hydrogen) atoms. The van der Waals surface area contributed by atoms with Gasteiger partial charge in [-0.2, -0.15) is 0 Å². The van der Waals surface area contributed by atoms with Crippen LogP contribution in [0.5, 0.6) is 0 Å². The number of carbonyl (C=O) groups excluding carboxylic acids is 2. The largest absolute Gasteiger partial charge is 0.463 e. The molecule has 0 aromatic carbocycles. The second-order valence-electron chi connectivity index (χ2n) is 16.2. The zero-order valence-electron chi connectivity index (χ0n) is 34.9. The molecule has 0 unspecified atom stereocenters. The average Bonchev–Trinajstić information content (AvgIpc) is 3.10. The Morgan fingerprint density at radius 3 is 1.18 bits per heavy atom. The molecular weight excluding hydrogens is 638 g/mol. The van der Waals surface area contributed by atoms with E-state index in [4.69, 9.17) is 18.9 Å². The summed E-state index contributed by atoms with van der Waals surface area (Å²) in [7, 11) is 6.15. The molecule has 0 fully saturated rings. The zero-order chi connectivity index (χ0) is 37.5. The van der Waals surface area contributed by atoms with Crippen LogP contribution in [0.4, 0.5) is 0 Å². The van der Waals surface area contributed by atoms with Crippen molar-refractivity contribution in [3.05, 3.63) is 0 Å². The number of unbranched alkanes of at least 4 members (excludes halogenated alkanes) is 26. The first-order valence-corrected chi connectivity index (χ1v) is 22.1. The highest BCUT2D eigenvalue weighted by atomic mass is 16.6. The fraction of sp³-hybridized carbons (Fsp3) is 0.955. The van der Waals surface area contributed by atoms with E-state index >= 15 is 0 Å². The zero-order valence-corrected chi connectivity index (χ0v) is 34.9. The van der Waals surface area contributed by atoms with Crippen LogP contribution < -0.4 is 0 Å². The van der Waals surface area contributed by atoms with Crippen LogP contribution in [0.1, 0.15) is 206 Å². The number of carbonyl (C=O) groups is 2. The molecule has 0 aliphatic carbocycles. The average molecular weight is 727 g/mol. The van der Waals surface area contributed by atoms with E-state index in [1.807, 2.05) is 21.1 Å². The summed E-state index contributed by atoms with van der Waals surface area (Å²) in [4.78, 5) is 24.4. The van der Waals surface area contributed by atoms with Gasteiger partial charge in [0.2, 0.25) is 0 Å². The van der Waals surface area contributed by atoms with Gasteiger partial charge in [0.1, 0.15) is 25.9 Å². The summed E-state index contributed by atoms with van der Waals surface area (Å²) in [6.45, 7) is 7.59. The Hall–Kier alpha value is -1.18. The maximum atomic E-state index is 12.4. The van der Waals surface area contributed by atoms with Gasteiger partial charge in [-0.05, 0) is 12.8 Å². The number of hydrogen-bond donors (Lipinski definition) is 0. The van der Waals surface area contributed by atoms with Crippen LogP contribution in [0.15, 0.2) is 0 Å². The van der Waals surface area contributed by atoms with E-state index in [1.165, 1.54) is 167 Å². The third-order valence-electron chi connectivity index (χ3n) is 9.79. The van der Waals surface area contributed by atoms with Crippen molar-refractivity contribution < 1.29 is 33.0 Å². The van der Waals surface area contributed by atoms with Gasteiger partial charge in [-0.1, -0.05) is 181 Å². The maximum absolute atomic E-state index is 12.4. The molecule has 0 aromatic heterocycles. The fourth-order valence-electron chi connectivity index (χ4n) is 6.27. The van der Waals surface area contributed by atoms with Crippen molar-refractivity contribution in [3.8, 4) is 0 Å². The predicted molar refractivity (Wildman–Crippen MR) is 215 cm³/mol. The van der Waals surface area contributed by atoms with Gasteiger partial charge in [0.25, 0.3) is 0 Å². The van der Waals surface area contributed by atoms with Crippen molar-refractivity contribution in [2.45, 2.75) is 213 Å². The molecule has 0 aliphatic heterocycles. The number of nitrogens with zero attached hydrogens (tertiary/aromatic N) is 1. The minimum Gasteiger partial charge on any atom is -0.463 e. The summed E-state index contributed by atoms with van der Waals surface area (Å²) < 4.78 is 23.6. The van der Waals surface area contributed by atoms with Crippen molar-refractivity contribution in [3.63, 3.8) is 0 Å². The Balaban J connectivity index is 4.14. The number of quaternary nitrogens is 1. The van der Waals surface area contributed by atoms with E-state index in [1.54, 1.807) is 0 Å². The molecule has 0 heterocycles. The Bertz CT molecular complexity index is 740. The van der Waals surface area contributed by atoms with E-state index in [0.29, 0.717) is 26.4 Å². The lowest BCUT2D eigenvalue weighted by Crippen LogP contribution is -2.38. The first-order chi connectivity index (χ1) is 24.8. The van der Waals surface area contributed by atoms with Gasteiger partial charge in [-0.15, -0.1) is 0 Å². The standard InChI is InChI=1S/C44H88NO6/c1-6-8-10-12-14-16-18-20-22-24-26-28-30-32-37-48-40-42(41-51-44(47)35-34-43(46)50-39-36-45(3,4)5)49-38-33-31-29-27-25-23-21-19-17-15-13-11-9-7-2/h42H,6-41H2,1-5H3/q+1/t42-/m1/s1. The molecule has 0 saturated heterocycles. The summed E-state index contributed by atoms with van der Waals surface area (Å²) in [5.41, 5.74) is 0. The van der Waals surface area contributed by atoms with Crippen molar-refractivity contribution in [1.29, 1.82) is 0 Å². The molecule has 0 amide bonds. The lowest BCUT2D eigenvalue weighted by atomic mass is 10.0. The molecular formula is C44H88NO6+. The third kappa shape index (κ3) is 41.4. The minimum absolute atomic E-state index is 0.0226. The third-order valence-corrected chi connectivity index (χ3v) is 9.79. The number of likely N-dealkylation sites (N-methyl/N-ethyl adjacent to an activating group) is 1. The Kier molecular flexibility index (Phi) is 37.6. The SMILES string of the molecule is CCCCCCCCCCCCCCCCOC[C@H](COC(=O)CCC(=O)OCC[N+](C)(C)C)OCCCCCCCCCCCCCCCC. The number of esters is 2. The molecule has 0 spiro atoms. The second-order valence-corrected chi connectivity index (χ2v) is 16.2. The molecule has 304 valence electrons. The van der Waals surface area contributed by atoms with Crippen LogP contribution in [0.2, 0.25) is 0 Å². The van der Waals surface area contributed by atoms with E-state index in [0.717, 1.165) is 23.9 Å². The molecule has 0 radical (unpaired) electrons. The second kappa shape index (κ2) is 38.5. The summed E-state index contributed by atoms with van der Waals surface area (Å²) in [5, 5.41) is 0. The van der Waals surface area contributed by atoms with Gasteiger partial charge in [0.05, 0.1) is 40.6 Å². The summed E-state index contributed by atoms with van der Waals surface area (Å²) in [6, 6.07) is 0. The number of hydrogen-bond acceptors (Lipinski definition) is 6. The van der Waals surface area contributed by atoms with Crippen molar-refractivity contribution in [2.75, 3.05) is 60.7 Å². The van der Waals surface area contributed by atoms with Crippen molar-refractivity contribution in [1.82, 2.24) is 0 Å². The van der Waals surface area contributed by atoms with Gasteiger partial charge in [0.15, 0.2) is 0 Å². The van der Waals surface area contributed by atoms with Crippen LogP contribution in [-0.4, -0.2) is 83.2 Å². The monoisotopic (exact) mass is 727 g/mol. The molecule has 7 heteroatoms. The molecule has 0 saturated carbocycles. The minimum atomic E-state index is -0.393. The van der Waals surface area contributed by atoms with Crippen molar-refractivity contribution >= 4 is 11.9 Å². The Labute approximate surface area is 317 Å². The van der Waals surface area contributed by atoms with Crippen LogP contribution >= 0.6 is 0 Å². The van der Waals surface area contributed by atoms with Gasteiger partial charge in [-0.25, -0.2) is 0 Å². The molecule has 0 bridgehead atoms. The lowest BCUT2D eigenvalue weighted by Gasteiger charge is -2.23. The van der Waals surface area contributed by atoms with Crippen LogP contribution in [0, 0.1) is 0 Å². The van der Waals surface area contributed by atoms with E-state index in [2.05, 4.69) is 13.8 Å². The first kappa shape index (κ1) is 49.8. The molecule has 0 rings (SSSR count). The van der Waals surface area contributed by atoms with E-state index in [-0.39, 0.29) is 31.5 Å². The Morgan fingerprint density at radius 1 is 0.431 bits per heavy atom. The highest BCUT2D eigenvalue weighted by molar-refractivity contribution is 5.77. The maximum Gasteiger partial charge on any atom is 0.306 e. The highest BCUT2D eigenvalue weighted by Gasteiger charge is 2.16. The molecule has 0 aromatic rings. The fourth-order valence-corrected chi connectivity index (χ4v) is 6.27. The van der Waals surface area contributed by atoms with Gasteiger partial charge < -0.3 is 23.4 Å². The summed E-state index contributed by atoms with van der Waals surface area (Å²) in [6.07, 6.45) is 37.1. The normalized spacial score (nSPS) is 12.3. The molecule has 0 aliphatic rings. The van der Waals surface area contributed by atoms with E-state index in [9.17, 15) is 9.59 Å². The van der Waals surface area contributed by atoms with Crippen LogP contribution in [0.3, 0.4) is 0 Å². The van der Waals surface area contributed by atoms with Gasteiger partial charge in [0, 0.05) is 13.2 Å². The summed E-state index contributed by atoms with van der Waals surface area (Å²) in [5.74, 6) is -0.752. The quantitative estimate of drug-likeness (QED) is 0.0355. The molecule has 1 atom stereocenters. The first-order valence-electron chi connectivity index (χ1n) is 22.1. The number of rotatable bonds is 41. The molecule has 7 nitrogen and oxygen atoms in total. The lowest BCUT2D eigenvalue weighted by molar-refractivity contribution is -0.870. The topological polar surface area (TPSA) is 71.1 Å². The highest BCUT2D eigenvalue weighted by Crippen LogP contribution is 2.15.